The lowest BCUT2D eigenvalue weighted by Crippen LogP contribution is -2.37. The van der Waals surface area contributed by atoms with Crippen molar-refractivity contribution in [2.75, 3.05) is 20.2 Å². The van der Waals surface area contributed by atoms with E-state index in [2.05, 4.69) is 15.3 Å². The number of benzene rings is 1. The van der Waals surface area contributed by atoms with Crippen LogP contribution in [0.3, 0.4) is 0 Å². The number of aromatic nitrogens is 2. The van der Waals surface area contributed by atoms with Crippen molar-refractivity contribution in [3.8, 4) is 0 Å². The van der Waals surface area contributed by atoms with Crippen LogP contribution in [0.4, 0.5) is 4.79 Å². The average molecular weight is 351 g/mol. The fourth-order valence-electron chi connectivity index (χ4n) is 2.94. The van der Waals surface area contributed by atoms with Gasteiger partial charge in [0, 0.05) is 25.2 Å². The molecule has 1 atom stereocenters. The molecule has 1 aliphatic heterocycles. The number of nitrogens with one attached hydrogen (secondary N) is 2. The van der Waals surface area contributed by atoms with Crippen molar-refractivity contribution < 1.29 is 9.53 Å². The molecule has 130 valence electrons. The van der Waals surface area contributed by atoms with Gasteiger partial charge in [0.05, 0.1) is 23.7 Å². The highest BCUT2D eigenvalue weighted by Crippen LogP contribution is 2.18. The summed E-state index contributed by atoms with van der Waals surface area (Å²) in [5.74, 6) is 0.716. The molecule has 1 saturated heterocycles. The Bertz CT molecular complexity index is 697. The number of fused-ring (bicyclic) bond motifs is 1. The third-order valence-corrected chi connectivity index (χ3v) is 4.53. The number of ether oxygens (including phenoxy) is 1. The number of hydrogen-bond donors (Lipinski definition) is 2. The van der Waals surface area contributed by atoms with E-state index in [1.54, 1.807) is 11.0 Å². The standard InChI is InChI=1S/C17H23ClN4O2/c1-22(8-2-4-13-5-3-9-24-13)17(23)19-11-16-20-14-7-6-12(18)10-15(14)21-16/h6-7,10,13H,2-5,8-9,11H2,1H3,(H,19,23)(H,20,21)/t13-/m0/s1. The van der Waals surface area contributed by atoms with E-state index in [9.17, 15) is 4.79 Å². The zero-order chi connectivity index (χ0) is 16.9. The van der Waals surface area contributed by atoms with Gasteiger partial charge in [-0.2, -0.15) is 0 Å². The van der Waals surface area contributed by atoms with Crippen LogP contribution in [0.15, 0.2) is 18.2 Å². The van der Waals surface area contributed by atoms with Crippen molar-refractivity contribution in [1.29, 1.82) is 0 Å². The van der Waals surface area contributed by atoms with Crippen LogP contribution in [0.5, 0.6) is 0 Å². The van der Waals surface area contributed by atoms with E-state index in [0.29, 0.717) is 23.5 Å². The SMILES string of the molecule is CN(CCC[C@H]1CCCO1)C(=O)NCc1nc2ccc(Cl)cc2[nH]1. The van der Waals surface area contributed by atoms with Gasteiger partial charge in [-0.3, -0.25) is 0 Å². The minimum absolute atomic E-state index is 0.0965. The molecule has 0 saturated carbocycles. The Morgan fingerprint density at radius 2 is 2.42 bits per heavy atom. The summed E-state index contributed by atoms with van der Waals surface area (Å²) in [6, 6.07) is 5.39. The molecule has 0 radical (unpaired) electrons. The van der Waals surface area contributed by atoms with Crippen LogP contribution in [-0.4, -0.2) is 47.2 Å². The highest BCUT2D eigenvalue weighted by molar-refractivity contribution is 6.31. The summed E-state index contributed by atoms with van der Waals surface area (Å²) in [6.45, 7) is 1.96. The first-order valence-corrected chi connectivity index (χ1v) is 8.74. The zero-order valence-electron chi connectivity index (χ0n) is 13.8. The van der Waals surface area contributed by atoms with E-state index in [4.69, 9.17) is 16.3 Å². The second-order valence-corrected chi connectivity index (χ2v) is 6.64. The van der Waals surface area contributed by atoms with Crippen molar-refractivity contribution in [3.05, 3.63) is 29.0 Å². The predicted molar refractivity (Wildman–Crippen MR) is 94.2 cm³/mol. The van der Waals surface area contributed by atoms with Crippen molar-refractivity contribution in [2.45, 2.75) is 38.3 Å². The Morgan fingerprint density at radius 3 is 3.21 bits per heavy atom. The molecule has 0 aliphatic carbocycles. The smallest absolute Gasteiger partial charge is 0.317 e. The second kappa shape index (κ2) is 7.85. The quantitative estimate of drug-likeness (QED) is 0.839. The van der Waals surface area contributed by atoms with Gasteiger partial charge >= 0.3 is 6.03 Å². The molecule has 24 heavy (non-hydrogen) atoms. The lowest BCUT2D eigenvalue weighted by molar-refractivity contribution is 0.100. The Kier molecular flexibility index (Phi) is 5.58. The van der Waals surface area contributed by atoms with E-state index in [0.717, 1.165) is 49.9 Å². The molecule has 0 spiro atoms. The summed E-state index contributed by atoms with van der Waals surface area (Å²) in [4.78, 5) is 21.4. The van der Waals surface area contributed by atoms with Gasteiger partial charge in [0.2, 0.25) is 0 Å². The fourth-order valence-corrected chi connectivity index (χ4v) is 3.11. The van der Waals surface area contributed by atoms with Gasteiger partial charge in [-0.05, 0) is 43.9 Å². The maximum Gasteiger partial charge on any atom is 0.317 e. The first-order chi connectivity index (χ1) is 11.6. The Balaban J connectivity index is 1.43. The molecule has 1 aliphatic rings. The number of halogens is 1. The lowest BCUT2D eigenvalue weighted by atomic mass is 10.1. The van der Waals surface area contributed by atoms with Crippen molar-refractivity contribution in [2.24, 2.45) is 0 Å². The summed E-state index contributed by atoms with van der Waals surface area (Å²) < 4.78 is 5.60. The molecule has 3 rings (SSSR count). The number of amides is 2. The van der Waals surface area contributed by atoms with Gasteiger partial charge in [0.25, 0.3) is 0 Å². The summed E-state index contributed by atoms with van der Waals surface area (Å²) in [5, 5.41) is 3.54. The third-order valence-electron chi connectivity index (χ3n) is 4.29. The molecule has 1 fully saturated rings. The number of H-pyrrole nitrogens is 1. The van der Waals surface area contributed by atoms with Gasteiger partial charge in [-0.1, -0.05) is 11.6 Å². The van der Waals surface area contributed by atoms with Crippen LogP contribution in [0.2, 0.25) is 5.02 Å². The number of carbonyl (C=O) groups excluding carboxylic acids is 1. The molecule has 0 unspecified atom stereocenters. The average Bonchev–Trinajstić information content (AvgIpc) is 3.21. The molecule has 6 nitrogen and oxygen atoms in total. The monoisotopic (exact) mass is 350 g/mol. The maximum absolute atomic E-state index is 12.1. The summed E-state index contributed by atoms with van der Waals surface area (Å²) in [5.41, 5.74) is 1.71. The van der Waals surface area contributed by atoms with E-state index in [1.807, 2.05) is 19.2 Å². The van der Waals surface area contributed by atoms with Gasteiger partial charge in [-0.15, -0.1) is 0 Å². The van der Waals surface area contributed by atoms with Crippen LogP contribution in [0, 0.1) is 0 Å². The number of carbonyl (C=O) groups is 1. The van der Waals surface area contributed by atoms with Crippen LogP contribution in [0.25, 0.3) is 11.0 Å². The number of hydrogen-bond acceptors (Lipinski definition) is 3. The fraction of sp³-hybridized carbons (Fsp3) is 0.529. The molecular weight excluding hydrogens is 328 g/mol. The highest BCUT2D eigenvalue weighted by Gasteiger charge is 2.16. The van der Waals surface area contributed by atoms with Gasteiger partial charge < -0.3 is 19.9 Å². The number of nitrogens with zero attached hydrogens (tertiary/aromatic N) is 2. The molecule has 2 N–H and O–H groups in total. The number of imidazole rings is 1. The minimum Gasteiger partial charge on any atom is -0.378 e. The van der Waals surface area contributed by atoms with Crippen molar-refractivity contribution in [1.82, 2.24) is 20.2 Å². The van der Waals surface area contributed by atoms with Crippen molar-refractivity contribution in [3.63, 3.8) is 0 Å². The minimum atomic E-state index is -0.0965. The topological polar surface area (TPSA) is 70.2 Å². The molecular formula is C17H23ClN4O2. The first kappa shape index (κ1) is 17.0. The molecule has 7 heteroatoms. The predicted octanol–water partition coefficient (Wildman–Crippen LogP) is 3.32. The highest BCUT2D eigenvalue weighted by atomic mass is 35.5. The third kappa shape index (κ3) is 4.39. The molecule has 0 bridgehead atoms. The van der Waals surface area contributed by atoms with Crippen LogP contribution >= 0.6 is 11.6 Å². The maximum atomic E-state index is 12.1. The molecule has 2 amide bonds. The second-order valence-electron chi connectivity index (χ2n) is 6.20. The van der Waals surface area contributed by atoms with Crippen LogP contribution in [0.1, 0.15) is 31.5 Å². The number of aromatic amines is 1. The van der Waals surface area contributed by atoms with Crippen LogP contribution in [-0.2, 0) is 11.3 Å². The molecule has 2 heterocycles. The zero-order valence-corrected chi connectivity index (χ0v) is 14.6. The van der Waals surface area contributed by atoms with E-state index in [-0.39, 0.29) is 6.03 Å². The normalized spacial score (nSPS) is 17.3. The summed E-state index contributed by atoms with van der Waals surface area (Å²) in [7, 11) is 1.81. The van der Waals surface area contributed by atoms with Crippen LogP contribution < -0.4 is 5.32 Å². The molecule has 1 aromatic carbocycles. The molecule has 2 aromatic rings. The summed E-state index contributed by atoms with van der Waals surface area (Å²) >= 11 is 5.96. The Hall–Kier alpha value is -1.79. The van der Waals surface area contributed by atoms with Gasteiger partial charge in [-0.25, -0.2) is 9.78 Å². The Morgan fingerprint density at radius 1 is 1.54 bits per heavy atom. The van der Waals surface area contributed by atoms with Gasteiger partial charge in [0.15, 0.2) is 0 Å². The first-order valence-electron chi connectivity index (χ1n) is 8.36. The number of rotatable bonds is 6. The largest absolute Gasteiger partial charge is 0.378 e. The Labute approximate surface area is 146 Å². The summed E-state index contributed by atoms with van der Waals surface area (Å²) in [6.07, 6.45) is 4.65. The van der Waals surface area contributed by atoms with E-state index < -0.39 is 0 Å². The van der Waals surface area contributed by atoms with E-state index in [1.165, 1.54) is 0 Å². The van der Waals surface area contributed by atoms with Crippen molar-refractivity contribution >= 4 is 28.7 Å². The lowest BCUT2D eigenvalue weighted by Gasteiger charge is -2.18. The van der Waals surface area contributed by atoms with E-state index >= 15 is 0 Å². The number of urea groups is 1. The van der Waals surface area contributed by atoms with Gasteiger partial charge in [0.1, 0.15) is 5.82 Å². The molecule has 1 aromatic heterocycles.